The standard InChI is InChI=1S/C18H12N6O2S2/c25-17-13-8-19-24(12-4-2-1-3-5-12)16(13)21-18(22-17)28-10-14-20-15(23-26-14)11-6-7-27-9-11/h1-9H,10H2,(H,21,22,25). The third-order valence-electron chi connectivity index (χ3n) is 4.00. The number of nitrogens with one attached hydrogen (secondary N) is 1. The predicted molar refractivity (Wildman–Crippen MR) is 107 cm³/mol. The molecule has 5 rings (SSSR count). The first-order chi connectivity index (χ1) is 13.8. The van der Waals surface area contributed by atoms with Gasteiger partial charge in [-0.1, -0.05) is 35.1 Å². The number of aromatic amines is 1. The Labute approximate surface area is 166 Å². The zero-order valence-corrected chi connectivity index (χ0v) is 15.9. The molecule has 0 fully saturated rings. The van der Waals surface area contributed by atoms with E-state index in [1.165, 1.54) is 18.0 Å². The molecular weight excluding hydrogens is 396 g/mol. The number of hydrogen-bond acceptors (Lipinski definition) is 8. The van der Waals surface area contributed by atoms with Gasteiger partial charge in [-0.05, 0) is 23.6 Å². The van der Waals surface area contributed by atoms with E-state index < -0.39 is 0 Å². The summed E-state index contributed by atoms with van der Waals surface area (Å²) in [7, 11) is 0. The number of H-pyrrole nitrogens is 1. The second-order valence-corrected chi connectivity index (χ2v) is 7.56. The molecule has 1 N–H and O–H groups in total. The molecule has 0 unspecified atom stereocenters. The average molecular weight is 408 g/mol. The second-order valence-electron chi connectivity index (χ2n) is 5.81. The molecule has 0 radical (unpaired) electrons. The van der Waals surface area contributed by atoms with Crippen molar-refractivity contribution in [2.45, 2.75) is 10.9 Å². The van der Waals surface area contributed by atoms with Crippen molar-refractivity contribution in [3.63, 3.8) is 0 Å². The number of nitrogens with zero attached hydrogens (tertiary/aromatic N) is 5. The van der Waals surface area contributed by atoms with Gasteiger partial charge in [-0.25, -0.2) is 9.67 Å². The number of fused-ring (bicyclic) bond motifs is 1. The second kappa shape index (κ2) is 7.06. The van der Waals surface area contributed by atoms with Gasteiger partial charge in [0.15, 0.2) is 10.8 Å². The van der Waals surface area contributed by atoms with Crippen LogP contribution in [-0.2, 0) is 5.75 Å². The van der Waals surface area contributed by atoms with Crippen molar-refractivity contribution in [2.75, 3.05) is 0 Å². The Balaban J connectivity index is 1.43. The predicted octanol–water partition coefficient (Wildman–Crippen LogP) is 3.51. The summed E-state index contributed by atoms with van der Waals surface area (Å²) >= 11 is 2.89. The summed E-state index contributed by atoms with van der Waals surface area (Å²) in [5.74, 6) is 1.41. The maximum absolute atomic E-state index is 12.4. The molecule has 0 aliphatic heterocycles. The monoisotopic (exact) mass is 408 g/mol. The van der Waals surface area contributed by atoms with Crippen LogP contribution in [0.2, 0.25) is 0 Å². The number of aromatic nitrogens is 6. The highest BCUT2D eigenvalue weighted by molar-refractivity contribution is 7.98. The van der Waals surface area contributed by atoms with E-state index in [-0.39, 0.29) is 5.56 Å². The first kappa shape index (κ1) is 16.9. The molecule has 0 spiro atoms. The SMILES string of the molecule is O=c1[nH]c(SCc2nc(-c3ccsc3)no2)nc2c1cnn2-c1ccccc1. The van der Waals surface area contributed by atoms with E-state index in [9.17, 15) is 4.79 Å². The van der Waals surface area contributed by atoms with Crippen LogP contribution >= 0.6 is 23.1 Å². The minimum atomic E-state index is -0.237. The fourth-order valence-corrected chi connectivity index (χ4v) is 4.01. The Morgan fingerprint density at radius 3 is 2.89 bits per heavy atom. The number of rotatable bonds is 5. The summed E-state index contributed by atoms with van der Waals surface area (Å²) in [5, 5.41) is 13.1. The number of hydrogen-bond donors (Lipinski definition) is 1. The number of thiophene rings is 1. The van der Waals surface area contributed by atoms with Crippen LogP contribution in [0.15, 0.2) is 67.8 Å². The van der Waals surface area contributed by atoms with Crippen LogP contribution in [0.25, 0.3) is 28.1 Å². The van der Waals surface area contributed by atoms with Gasteiger partial charge in [0.2, 0.25) is 11.7 Å². The molecule has 0 saturated carbocycles. The molecule has 4 heterocycles. The Morgan fingerprint density at radius 1 is 1.18 bits per heavy atom. The quantitative estimate of drug-likeness (QED) is 0.351. The highest BCUT2D eigenvalue weighted by Gasteiger charge is 2.14. The summed E-state index contributed by atoms with van der Waals surface area (Å²) in [5.41, 5.74) is 2.02. The summed E-state index contributed by atoms with van der Waals surface area (Å²) in [4.78, 5) is 24.1. The van der Waals surface area contributed by atoms with Crippen LogP contribution in [-0.4, -0.2) is 29.9 Å². The summed E-state index contributed by atoms with van der Waals surface area (Å²) in [6.07, 6.45) is 1.52. The molecule has 5 aromatic rings. The minimum absolute atomic E-state index is 0.237. The zero-order valence-electron chi connectivity index (χ0n) is 14.3. The van der Waals surface area contributed by atoms with Gasteiger partial charge >= 0.3 is 0 Å². The number of thioether (sulfide) groups is 1. The van der Waals surface area contributed by atoms with E-state index >= 15 is 0 Å². The Bertz CT molecular complexity index is 1290. The van der Waals surface area contributed by atoms with E-state index in [0.29, 0.717) is 33.7 Å². The van der Waals surface area contributed by atoms with E-state index in [4.69, 9.17) is 4.52 Å². The van der Waals surface area contributed by atoms with Crippen molar-refractivity contribution < 1.29 is 4.52 Å². The topological polar surface area (TPSA) is 102 Å². The molecule has 0 aliphatic carbocycles. The maximum atomic E-state index is 12.4. The van der Waals surface area contributed by atoms with Gasteiger partial charge in [-0.2, -0.15) is 21.4 Å². The van der Waals surface area contributed by atoms with Crippen molar-refractivity contribution >= 4 is 34.1 Å². The molecule has 28 heavy (non-hydrogen) atoms. The summed E-state index contributed by atoms with van der Waals surface area (Å²) < 4.78 is 6.94. The van der Waals surface area contributed by atoms with E-state index in [0.717, 1.165) is 11.3 Å². The lowest BCUT2D eigenvalue weighted by atomic mass is 10.3. The van der Waals surface area contributed by atoms with Gasteiger partial charge in [-0.15, -0.1) is 0 Å². The first-order valence-electron chi connectivity index (χ1n) is 8.29. The van der Waals surface area contributed by atoms with Gasteiger partial charge < -0.3 is 9.51 Å². The van der Waals surface area contributed by atoms with Crippen molar-refractivity contribution in [1.82, 2.24) is 29.9 Å². The largest absolute Gasteiger partial charge is 0.338 e. The van der Waals surface area contributed by atoms with Gasteiger partial charge in [0.25, 0.3) is 5.56 Å². The van der Waals surface area contributed by atoms with Crippen LogP contribution < -0.4 is 5.56 Å². The maximum Gasteiger partial charge on any atom is 0.262 e. The third-order valence-corrected chi connectivity index (χ3v) is 5.54. The minimum Gasteiger partial charge on any atom is -0.338 e. The highest BCUT2D eigenvalue weighted by Crippen LogP contribution is 2.23. The third kappa shape index (κ3) is 3.12. The molecule has 0 amide bonds. The van der Waals surface area contributed by atoms with Crippen molar-refractivity contribution in [3.05, 3.63) is 69.6 Å². The van der Waals surface area contributed by atoms with Crippen LogP contribution in [0, 0.1) is 0 Å². The summed E-state index contributed by atoms with van der Waals surface area (Å²) in [6.45, 7) is 0. The lowest BCUT2D eigenvalue weighted by Crippen LogP contribution is -2.09. The van der Waals surface area contributed by atoms with Gasteiger partial charge in [0.1, 0.15) is 5.39 Å². The van der Waals surface area contributed by atoms with Crippen LogP contribution in [0.5, 0.6) is 0 Å². The molecule has 0 saturated heterocycles. The lowest BCUT2D eigenvalue weighted by Gasteiger charge is -2.03. The molecule has 0 aliphatic rings. The van der Waals surface area contributed by atoms with Crippen molar-refractivity contribution in [3.8, 4) is 17.1 Å². The average Bonchev–Trinajstić information content (AvgIpc) is 3.46. The van der Waals surface area contributed by atoms with Crippen LogP contribution in [0.1, 0.15) is 5.89 Å². The zero-order chi connectivity index (χ0) is 18.9. The Kier molecular flexibility index (Phi) is 4.26. The lowest BCUT2D eigenvalue weighted by molar-refractivity contribution is 0.391. The van der Waals surface area contributed by atoms with E-state index in [2.05, 4.69) is 25.2 Å². The fourth-order valence-electron chi connectivity index (χ4n) is 2.68. The number of para-hydroxylation sites is 1. The van der Waals surface area contributed by atoms with Crippen LogP contribution in [0.4, 0.5) is 0 Å². The number of benzene rings is 1. The van der Waals surface area contributed by atoms with Crippen molar-refractivity contribution in [1.29, 1.82) is 0 Å². The molecule has 10 heteroatoms. The smallest absolute Gasteiger partial charge is 0.262 e. The van der Waals surface area contributed by atoms with E-state index in [1.807, 2.05) is 47.2 Å². The molecule has 0 atom stereocenters. The molecule has 138 valence electrons. The molecule has 1 aromatic carbocycles. The van der Waals surface area contributed by atoms with Gasteiger partial charge in [0, 0.05) is 10.9 Å². The Hall–Kier alpha value is -3.24. The normalized spacial score (nSPS) is 11.3. The summed E-state index contributed by atoms with van der Waals surface area (Å²) in [6, 6.07) is 11.5. The highest BCUT2D eigenvalue weighted by atomic mass is 32.2. The first-order valence-corrected chi connectivity index (χ1v) is 10.2. The van der Waals surface area contributed by atoms with Crippen molar-refractivity contribution in [2.24, 2.45) is 0 Å². The van der Waals surface area contributed by atoms with Gasteiger partial charge in [-0.3, -0.25) is 4.79 Å². The van der Waals surface area contributed by atoms with E-state index in [1.54, 1.807) is 16.0 Å². The molecule has 0 bridgehead atoms. The van der Waals surface area contributed by atoms with Crippen LogP contribution in [0.3, 0.4) is 0 Å². The fraction of sp³-hybridized carbons (Fsp3) is 0.0556. The Morgan fingerprint density at radius 2 is 2.07 bits per heavy atom. The molecular formula is C18H12N6O2S2. The molecule has 8 nitrogen and oxygen atoms in total. The van der Waals surface area contributed by atoms with Gasteiger partial charge in [0.05, 0.1) is 17.6 Å². The molecule has 4 aromatic heterocycles.